The summed E-state index contributed by atoms with van der Waals surface area (Å²) in [4.78, 5) is 11.1. The monoisotopic (exact) mass is 187 g/mol. The Bertz CT molecular complexity index is 125. The summed E-state index contributed by atoms with van der Waals surface area (Å²) in [6.45, 7) is 13.7. The number of carbonyl (C=O) groups is 1. The van der Waals surface area contributed by atoms with Gasteiger partial charge in [-0.05, 0) is 20.8 Å². The molecule has 0 bridgehead atoms. The van der Waals surface area contributed by atoms with Crippen molar-refractivity contribution >= 4 is 5.97 Å². The molecule has 0 saturated heterocycles. The van der Waals surface area contributed by atoms with E-state index in [1.54, 1.807) is 4.90 Å². The van der Waals surface area contributed by atoms with Crippen molar-refractivity contribution in [3.63, 3.8) is 0 Å². The van der Waals surface area contributed by atoms with Gasteiger partial charge in [0.15, 0.2) is 0 Å². The Morgan fingerprint density at radius 3 is 1.69 bits per heavy atom. The molecule has 0 rings (SSSR count). The molecule has 0 aromatic carbocycles. The van der Waals surface area contributed by atoms with Crippen molar-refractivity contribution in [1.29, 1.82) is 0 Å². The van der Waals surface area contributed by atoms with E-state index in [4.69, 9.17) is 0 Å². The maximum absolute atomic E-state index is 9.42. The zero-order valence-corrected chi connectivity index (χ0v) is 8.93. The molecule has 0 heterocycles. The smallest absolute Gasteiger partial charge is 0.0742 e. The van der Waals surface area contributed by atoms with Crippen molar-refractivity contribution in [2.45, 2.75) is 27.2 Å². The molecule has 3 heteroatoms. The molecule has 0 aliphatic carbocycles. The first-order valence-corrected chi connectivity index (χ1v) is 4.76. The van der Waals surface area contributed by atoms with Crippen molar-refractivity contribution in [3.8, 4) is 0 Å². The Morgan fingerprint density at radius 2 is 1.69 bits per heavy atom. The Balaban J connectivity index is 0. The van der Waals surface area contributed by atoms with E-state index in [0.29, 0.717) is 0 Å². The number of carboxylic acid groups (broad SMARTS) is 1. The molecule has 3 nitrogen and oxygen atoms in total. The van der Waals surface area contributed by atoms with Gasteiger partial charge >= 0.3 is 0 Å². The van der Waals surface area contributed by atoms with E-state index < -0.39 is 5.97 Å². The maximum atomic E-state index is 9.42. The fraction of sp³-hybridized carbons (Fsp3) is 0.700. The molecule has 0 atom stereocenters. The van der Waals surface area contributed by atoms with E-state index >= 15 is 0 Å². The highest BCUT2D eigenvalue weighted by atomic mass is 16.4. The van der Waals surface area contributed by atoms with Gasteiger partial charge in [0.1, 0.15) is 0 Å². The highest BCUT2D eigenvalue weighted by molar-refractivity contribution is 5.65. The van der Waals surface area contributed by atoms with Gasteiger partial charge in [0.05, 0.1) is 19.6 Å². The van der Waals surface area contributed by atoms with E-state index in [9.17, 15) is 9.90 Å². The third kappa shape index (κ3) is 14.1. The van der Waals surface area contributed by atoms with Crippen molar-refractivity contribution < 1.29 is 14.8 Å². The van der Waals surface area contributed by atoms with Gasteiger partial charge in [-0.2, -0.15) is 0 Å². The normalized spacial score (nSPS) is 8.92. The van der Waals surface area contributed by atoms with Crippen LogP contribution in [0.25, 0.3) is 0 Å². The van der Waals surface area contributed by atoms with Gasteiger partial charge < -0.3 is 14.8 Å². The number of hydrogen-bond donors (Lipinski definition) is 1. The molecular formula is C10H21NO2. The topological polar surface area (TPSA) is 44.6 Å². The van der Waals surface area contributed by atoms with Gasteiger partial charge in [0.25, 0.3) is 0 Å². The molecule has 0 aromatic rings. The summed E-state index contributed by atoms with van der Waals surface area (Å²) < 4.78 is 0. The minimum atomic E-state index is -1.08. The Morgan fingerprint density at radius 1 is 1.31 bits per heavy atom. The lowest BCUT2D eigenvalue weighted by Crippen LogP contribution is -3.11. The predicted molar refractivity (Wildman–Crippen MR) is 52.4 cm³/mol. The van der Waals surface area contributed by atoms with Crippen LogP contribution >= 0.6 is 0 Å². The van der Waals surface area contributed by atoms with Crippen LogP contribution in [-0.2, 0) is 4.79 Å². The van der Waals surface area contributed by atoms with Crippen molar-refractivity contribution in [1.82, 2.24) is 0 Å². The summed E-state index contributed by atoms with van der Waals surface area (Å²) in [5, 5.41) is 9.42. The van der Waals surface area contributed by atoms with Crippen LogP contribution in [0.4, 0.5) is 0 Å². The average Bonchev–Trinajstić information content (AvgIpc) is 2.08. The fourth-order valence-electron chi connectivity index (χ4n) is 0.868. The molecular weight excluding hydrogens is 166 g/mol. The maximum Gasteiger partial charge on any atom is 0.0742 e. The number of carboxylic acids is 1. The van der Waals surface area contributed by atoms with Crippen LogP contribution < -0.4 is 10.0 Å². The summed E-state index contributed by atoms with van der Waals surface area (Å²) in [7, 11) is 0. The van der Waals surface area contributed by atoms with E-state index in [1.165, 1.54) is 25.7 Å². The minimum Gasteiger partial charge on any atom is -0.550 e. The van der Waals surface area contributed by atoms with Gasteiger partial charge in [0.2, 0.25) is 0 Å². The van der Waals surface area contributed by atoms with Gasteiger partial charge in [-0.25, -0.2) is 0 Å². The van der Waals surface area contributed by atoms with Crippen LogP contribution in [0.3, 0.4) is 0 Å². The first kappa shape index (κ1) is 14.7. The van der Waals surface area contributed by atoms with Crippen molar-refractivity contribution in [2.24, 2.45) is 0 Å². The molecule has 78 valence electrons. The Labute approximate surface area is 81.1 Å². The standard InChI is InChI=1S/C6H15N.C4H6O2/c1-4-7(5-2)6-3;1-2-3-4(5)6/h4-6H2,1-3H3;2H,1,3H2,(H,5,6). The molecule has 0 unspecified atom stereocenters. The third-order valence-corrected chi connectivity index (χ3v) is 1.81. The SMILES string of the molecule is C=CCC(=O)[O-].CC[NH+](CC)CC. The van der Waals surface area contributed by atoms with Crippen LogP contribution in [0, 0.1) is 0 Å². The number of carbonyl (C=O) groups excluding carboxylic acids is 1. The summed E-state index contributed by atoms with van der Waals surface area (Å²) in [6.07, 6.45) is 1.23. The summed E-state index contributed by atoms with van der Waals surface area (Å²) >= 11 is 0. The number of quaternary nitrogens is 1. The quantitative estimate of drug-likeness (QED) is 0.575. The second kappa shape index (κ2) is 11.2. The molecule has 0 spiro atoms. The van der Waals surface area contributed by atoms with Crippen molar-refractivity contribution in [3.05, 3.63) is 12.7 Å². The fourth-order valence-corrected chi connectivity index (χ4v) is 0.868. The molecule has 0 fully saturated rings. The zero-order chi connectivity index (χ0) is 10.7. The molecule has 0 amide bonds. The molecule has 0 aliphatic rings. The Kier molecular flexibility index (Phi) is 12.6. The number of nitrogens with one attached hydrogen (secondary N) is 1. The van der Waals surface area contributed by atoms with E-state index in [2.05, 4.69) is 27.4 Å². The molecule has 1 N–H and O–H groups in total. The van der Waals surface area contributed by atoms with Crippen LogP contribution in [0.15, 0.2) is 12.7 Å². The van der Waals surface area contributed by atoms with E-state index in [1.807, 2.05) is 0 Å². The number of aliphatic carboxylic acids is 1. The van der Waals surface area contributed by atoms with Crippen LogP contribution in [0.1, 0.15) is 27.2 Å². The minimum absolute atomic E-state index is 0.0556. The number of hydrogen-bond acceptors (Lipinski definition) is 2. The van der Waals surface area contributed by atoms with Crippen LogP contribution in [0.2, 0.25) is 0 Å². The van der Waals surface area contributed by atoms with Gasteiger partial charge in [-0.1, -0.05) is 6.08 Å². The summed E-state index contributed by atoms with van der Waals surface area (Å²) in [5.41, 5.74) is 0. The number of rotatable bonds is 5. The average molecular weight is 187 g/mol. The highest BCUT2D eigenvalue weighted by Crippen LogP contribution is 1.70. The van der Waals surface area contributed by atoms with Gasteiger partial charge in [-0.15, -0.1) is 6.58 Å². The van der Waals surface area contributed by atoms with E-state index in [0.717, 1.165) is 0 Å². The van der Waals surface area contributed by atoms with E-state index in [-0.39, 0.29) is 6.42 Å². The van der Waals surface area contributed by atoms with Crippen LogP contribution in [0.5, 0.6) is 0 Å². The van der Waals surface area contributed by atoms with Crippen molar-refractivity contribution in [2.75, 3.05) is 19.6 Å². The van der Waals surface area contributed by atoms with Crippen LogP contribution in [-0.4, -0.2) is 25.6 Å². The Hall–Kier alpha value is -0.830. The molecule has 0 radical (unpaired) electrons. The summed E-state index contributed by atoms with van der Waals surface area (Å²) in [6, 6.07) is 0. The first-order chi connectivity index (χ1) is 6.12. The molecule has 13 heavy (non-hydrogen) atoms. The zero-order valence-electron chi connectivity index (χ0n) is 8.93. The molecule has 0 aromatic heterocycles. The van der Waals surface area contributed by atoms with Gasteiger partial charge in [0, 0.05) is 12.4 Å². The lowest BCUT2D eigenvalue weighted by atomic mass is 10.4. The lowest BCUT2D eigenvalue weighted by Gasteiger charge is -2.10. The lowest BCUT2D eigenvalue weighted by molar-refractivity contribution is -0.894. The molecule has 0 aliphatic heterocycles. The largest absolute Gasteiger partial charge is 0.550 e. The summed E-state index contributed by atoms with van der Waals surface area (Å²) in [5.74, 6) is -1.08. The second-order valence-electron chi connectivity index (χ2n) is 2.68. The second-order valence-corrected chi connectivity index (χ2v) is 2.68. The third-order valence-electron chi connectivity index (χ3n) is 1.81. The highest BCUT2D eigenvalue weighted by Gasteiger charge is 1.92. The molecule has 0 saturated carbocycles. The first-order valence-electron chi connectivity index (χ1n) is 4.76. The van der Waals surface area contributed by atoms with Gasteiger partial charge in [-0.3, -0.25) is 0 Å². The predicted octanol–water partition coefficient (Wildman–Crippen LogP) is -0.757.